The minimum Gasteiger partial charge on any atom is -0.377 e. The van der Waals surface area contributed by atoms with Gasteiger partial charge in [-0.2, -0.15) is 5.10 Å². The number of hydrogen-bond donors (Lipinski definition) is 0. The molecule has 1 atom stereocenters. The zero-order chi connectivity index (χ0) is 23.9. The summed E-state index contributed by atoms with van der Waals surface area (Å²) in [6, 6.07) is 16.8. The van der Waals surface area contributed by atoms with E-state index < -0.39 is 0 Å². The first-order valence-corrected chi connectivity index (χ1v) is 11.7. The molecular formula is C27H26N6O2. The molecular weight excluding hydrogens is 440 g/mol. The number of rotatable bonds is 4. The summed E-state index contributed by atoms with van der Waals surface area (Å²) >= 11 is 0. The van der Waals surface area contributed by atoms with E-state index in [0.29, 0.717) is 19.0 Å². The quantitative estimate of drug-likeness (QED) is 0.373. The van der Waals surface area contributed by atoms with Gasteiger partial charge >= 0.3 is 0 Å². The zero-order valence-corrected chi connectivity index (χ0v) is 20.0. The molecule has 1 aliphatic rings. The van der Waals surface area contributed by atoms with Crippen LogP contribution in [0.5, 0.6) is 0 Å². The third-order valence-electron chi connectivity index (χ3n) is 6.55. The van der Waals surface area contributed by atoms with E-state index in [4.69, 9.17) is 19.2 Å². The number of benzene rings is 2. The van der Waals surface area contributed by atoms with Crippen LogP contribution in [0.1, 0.15) is 23.1 Å². The molecule has 1 saturated heterocycles. The van der Waals surface area contributed by atoms with Crippen molar-refractivity contribution in [3.05, 3.63) is 77.9 Å². The van der Waals surface area contributed by atoms with Crippen LogP contribution in [0.3, 0.4) is 0 Å². The Morgan fingerprint density at radius 2 is 1.86 bits per heavy atom. The molecule has 2 aromatic carbocycles. The van der Waals surface area contributed by atoms with Crippen molar-refractivity contribution in [2.24, 2.45) is 7.05 Å². The Kier molecular flexibility index (Phi) is 5.30. The predicted octanol–water partition coefficient (Wildman–Crippen LogP) is 4.88. The molecule has 8 heteroatoms. The highest BCUT2D eigenvalue weighted by atomic mass is 16.5. The average Bonchev–Trinajstić information content (AvgIpc) is 3.48. The van der Waals surface area contributed by atoms with Crippen molar-refractivity contribution in [1.29, 1.82) is 0 Å². The van der Waals surface area contributed by atoms with Gasteiger partial charge in [-0.3, -0.25) is 4.68 Å². The highest BCUT2D eigenvalue weighted by Gasteiger charge is 2.28. The smallest absolute Gasteiger partial charge is 0.165 e. The first-order chi connectivity index (χ1) is 17.1. The summed E-state index contributed by atoms with van der Waals surface area (Å²) in [6.07, 6.45) is 3.74. The van der Waals surface area contributed by atoms with Gasteiger partial charge in [0, 0.05) is 30.7 Å². The van der Waals surface area contributed by atoms with Gasteiger partial charge in [0.1, 0.15) is 11.6 Å². The van der Waals surface area contributed by atoms with Crippen molar-refractivity contribution in [2.75, 3.05) is 24.7 Å². The number of nitrogens with zero attached hydrogens (tertiary/aromatic N) is 6. The van der Waals surface area contributed by atoms with Crippen molar-refractivity contribution >= 4 is 16.7 Å². The lowest BCUT2D eigenvalue weighted by atomic mass is 10.0. The zero-order valence-electron chi connectivity index (χ0n) is 20.0. The van der Waals surface area contributed by atoms with Crippen LogP contribution in [0.25, 0.3) is 33.4 Å². The van der Waals surface area contributed by atoms with Gasteiger partial charge in [0.2, 0.25) is 0 Å². The van der Waals surface area contributed by atoms with Crippen LogP contribution in [0.15, 0.2) is 65.4 Å². The van der Waals surface area contributed by atoms with E-state index in [2.05, 4.69) is 57.6 Å². The first kappa shape index (κ1) is 21.5. The Bertz CT molecular complexity index is 1490. The Morgan fingerprint density at radius 1 is 1.00 bits per heavy atom. The van der Waals surface area contributed by atoms with Gasteiger partial charge in [0.15, 0.2) is 5.82 Å². The van der Waals surface area contributed by atoms with E-state index in [1.165, 1.54) is 5.56 Å². The minimum atomic E-state index is 0.0486. The van der Waals surface area contributed by atoms with E-state index in [0.717, 1.165) is 51.4 Å². The third kappa shape index (κ3) is 3.85. The van der Waals surface area contributed by atoms with Crippen LogP contribution in [0.4, 0.5) is 5.82 Å². The molecule has 35 heavy (non-hydrogen) atoms. The second kappa shape index (κ2) is 8.63. The van der Waals surface area contributed by atoms with Gasteiger partial charge in [-0.25, -0.2) is 9.97 Å². The van der Waals surface area contributed by atoms with Gasteiger partial charge in [0.25, 0.3) is 0 Å². The summed E-state index contributed by atoms with van der Waals surface area (Å²) in [7, 11) is 1.90. The average molecular weight is 467 g/mol. The number of hydrogen-bond acceptors (Lipinski definition) is 7. The molecule has 3 aromatic heterocycles. The van der Waals surface area contributed by atoms with E-state index in [-0.39, 0.29) is 6.04 Å². The molecule has 0 aliphatic carbocycles. The summed E-state index contributed by atoms with van der Waals surface area (Å²) in [5.74, 6) is 2.34. The lowest BCUT2D eigenvalue weighted by Crippen LogP contribution is -2.40. The second-order valence-corrected chi connectivity index (χ2v) is 8.90. The molecule has 0 N–H and O–H groups in total. The number of aryl methyl sites for hydroxylation is 3. The molecule has 8 nitrogen and oxygen atoms in total. The molecule has 5 aromatic rings. The molecule has 1 fully saturated rings. The van der Waals surface area contributed by atoms with Crippen LogP contribution in [-0.4, -0.2) is 44.7 Å². The maximum atomic E-state index is 5.91. The summed E-state index contributed by atoms with van der Waals surface area (Å²) in [6.45, 7) is 5.87. The molecule has 6 rings (SSSR count). The fourth-order valence-electron chi connectivity index (χ4n) is 4.86. The fourth-order valence-corrected chi connectivity index (χ4v) is 4.86. The second-order valence-electron chi connectivity index (χ2n) is 8.90. The highest BCUT2D eigenvalue weighted by molar-refractivity contribution is 5.95. The summed E-state index contributed by atoms with van der Waals surface area (Å²) < 4.78 is 13.1. The minimum absolute atomic E-state index is 0.0486. The lowest BCUT2D eigenvalue weighted by molar-refractivity contribution is 0.0939. The standard InChI is InChI=1S/C27H26N6O2/c1-17-25(18(2)35-31-17)20-9-10-23-22(13-20)27(30-26(29-23)21-14-28-32(3)15-21)33-11-12-34-16-24(33)19-7-5-4-6-8-19/h4-10,13-15,24H,11-12,16H2,1-3H3. The fraction of sp³-hybridized carbons (Fsp3) is 0.259. The SMILES string of the molecule is Cc1noc(C)c1-c1ccc2nc(-c3cnn(C)c3)nc(N3CCOCC3c3ccccc3)c2c1. The predicted molar refractivity (Wildman–Crippen MR) is 134 cm³/mol. The van der Waals surface area contributed by atoms with Crippen molar-refractivity contribution in [1.82, 2.24) is 24.9 Å². The van der Waals surface area contributed by atoms with E-state index in [1.807, 2.05) is 33.2 Å². The van der Waals surface area contributed by atoms with Crippen LogP contribution in [0.2, 0.25) is 0 Å². The number of ether oxygens (including phenoxy) is 1. The van der Waals surface area contributed by atoms with E-state index in [9.17, 15) is 0 Å². The maximum Gasteiger partial charge on any atom is 0.165 e. The summed E-state index contributed by atoms with van der Waals surface area (Å²) in [5, 5.41) is 9.47. The van der Waals surface area contributed by atoms with Crippen molar-refractivity contribution in [3.8, 4) is 22.5 Å². The molecule has 0 radical (unpaired) electrons. The van der Waals surface area contributed by atoms with Gasteiger partial charge in [0.05, 0.1) is 42.2 Å². The molecule has 0 bridgehead atoms. The number of anilines is 1. The van der Waals surface area contributed by atoms with Gasteiger partial charge < -0.3 is 14.2 Å². The molecule has 1 aliphatic heterocycles. The third-order valence-corrected chi connectivity index (χ3v) is 6.55. The summed E-state index contributed by atoms with van der Waals surface area (Å²) in [5.41, 5.74) is 5.87. The molecule has 1 unspecified atom stereocenters. The van der Waals surface area contributed by atoms with Crippen LogP contribution in [-0.2, 0) is 11.8 Å². The van der Waals surface area contributed by atoms with Crippen LogP contribution in [0, 0.1) is 13.8 Å². The molecule has 0 saturated carbocycles. The van der Waals surface area contributed by atoms with Crippen molar-refractivity contribution < 1.29 is 9.26 Å². The monoisotopic (exact) mass is 466 g/mol. The van der Waals surface area contributed by atoms with E-state index >= 15 is 0 Å². The van der Waals surface area contributed by atoms with Crippen molar-refractivity contribution in [3.63, 3.8) is 0 Å². The van der Waals surface area contributed by atoms with E-state index in [1.54, 1.807) is 10.9 Å². The number of fused-ring (bicyclic) bond motifs is 1. The molecule has 0 amide bonds. The lowest BCUT2D eigenvalue weighted by Gasteiger charge is -2.37. The van der Waals surface area contributed by atoms with Crippen LogP contribution < -0.4 is 4.90 Å². The Balaban J connectivity index is 1.57. The summed E-state index contributed by atoms with van der Waals surface area (Å²) in [4.78, 5) is 12.4. The Morgan fingerprint density at radius 3 is 2.60 bits per heavy atom. The maximum absolute atomic E-state index is 5.91. The molecule has 4 heterocycles. The first-order valence-electron chi connectivity index (χ1n) is 11.7. The van der Waals surface area contributed by atoms with Gasteiger partial charge in [-0.05, 0) is 37.1 Å². The molecule has 0 spiro atoms. The van der Waals surface area contributed by atoms with Crippen LogP contribution >= 0.6 is 0 Å². The van der Waals surface area contributed by atoms with Gasteiger partial charge in [-0.1, -0.05) is 41.6 Å². The largest absolute Gasteiger partial charge is 0.377 e. The topological polar surface area (TPSA) is 82.1 Å². The normalized spacial score (nSPS) is 16.2. The van der Waals surface area contributed by atoms with Crippen molar-refractivity contribution in [2.45, 2.75) is 19.9 Å². The highest BCUT2D eigenvalue weighted by Crippen LogP contribution is 2.37. The number of aromatic nitrogens is 5. The Labute approximate surface area is 203 Å². The molecule has 176 valence electrons. The Hall–Kier alpha value is -4.04. The van der Waals surface area contributed by atoms with Gasteiger partial charge in [-0.15, -0.1) is 0 Å². The number of morpholine rings is 1.